The lowest BCUT2D eigenvalue weighted by atomic mass is 9.97. The third-order valence-electron chi connectivity index (χ3n) is 6.57. The molecule has 0 N–H and O–H groups in total. The Morgan fingerprint density at radius 2 is 1.18 bits per heavy atom. The van der Waals surface area contributed by atoms with E-state index in [1.807, 2.05) is 6.92 Å². The highest BCUT2D eigenvalue weighted by Crippen LogP contribution is 2.36. The number of rotatable bonds is 7. The first-order valence-electron chi connectivity index (χ1n) is 12.4. The molecule has 5 aromatic carbocycles. The lowest BCUT2D eigenvalue weighted by molar-refractivity contribution is -0.185. The molecule has 0 aliphatic carbocycles. The molecule has 40 heavy (non-hydrogen) atoms. The number of fused-ring (bicyclic) bond motifs is 1. The summed E-state index contributed by atoms with van der Waals surface area (Å²) in [7, 11) is 0. The minimum atomic E-state index is -3.57. The molecule has 0 heterocycles. The van der Waals surface area contributed by atoms with Crippen LogP contribution in [0.15, 0.2) is 84.9 Å². The lowest BCUT2D eigenvalue weighted by Gasteiger charge is -2.19. The van der Waals surface area contributed by atoms with Crippen molar-refractivity contribution in [3.05, 3.63) is 125 Å². The molecule has 0 fully saturated rings. The van der Waals surface area contributed by atoms with Gasteiger partial charge in [0.2, 0.25) is 0 Å². The summed E-state index contributed by atoms with van der Waals surface area (Å²) in [5, 5.41) is 1.06. The maximum Gasteiger partial charge on any atom is 0.426 e. The molecule has 0 spiro atoms. The largest absolute Gasteiger partial charge is 0.429 e. The van der Waals surface area contributed by atoms with Gasteiger partial charge in [0.15, 0.2) is 29.1 Å². The molecular weight excluding hydrogens is 533 g/mol. The Balaban J connectivity index is 1.41. The van der Waals surface area contributed by atoms with Crippen LogP contribution in [0, 0.1) is 29.1 Å². The van der Waals surface area contributed by atoms with Gasteiger partial charge in [0.25, 0.3) is 0 Å². The zero-order chi connectivity index (χ0) is 28.6. The zero-order valence-corrected chi connectivity index (χ0v) is 21.1. The van der Waals surface area contributed by atoms with E-state index in [4.69, 9.17) is 4.74 Å². The van der Waals surface area contributed by atoms with Crippen LogP contribution in [0.25, 0.3) is 33.0 Å². The van der Waals surface area contributed by atoms with E-state index in [0.717, 1.165) is 24.5 Å². The molecule has 0 bridgehead atoms. The molecule has 0 aliphatic heterocycles. The molecule has 204 valence electrons. The van der Waals surface area contributed by atoms with E-state index in [9.17, 15) is 26.3 Å². The van der Waals surface area contributed by atoms with Crippen LogP contribution in [0.1, 0.15) is 24.5 Å². The number of hydrogen-bond acceptors (Lipinski definition) is 1. The fraction of sp³-hybridized carbons (Fsp3) is 0.125. The van der Waals surface area contributed by atoms with Crippen molar-refractivity contribution in [3.8, 4) is 28.0 Å². The van der Waals surface area contributed by atoms with Gasteiger partial charge in [-0.15, -0.1) is 0 Å². The Labute approximate surface area is 225 Å². The first-order chi connectivity index (χ1) is 19.1. The van der Waals surface area contributed by atoms with Crippen molar-refractivity contribution in [3.63, 3.8) is 0 Å². The molecule has 0 aromatic heterocycles. The molecule has 1 nitrogen and oxygen atoms in total. The molecule has 0 saturated heterocycles. The van der Waals surface area contributed by atoms with Gasteiger partial charge in [-0.2, -0.15) is 8.78 Å². The Morgan fingerprint density at radius 1 is 0.600 bits per heavy atom. The van der Waals surface area contributed by atoms with Gasteiger partial charge in [-0.3, -0.25) is 0 Å². The third-order valence-corrected chi connectivity index (χ3v) is 6.57. The predicted molar refractivity (Wildman–Crippen MR) is 140 cm³/mol. The molecule has 0 aliphatic rings. The van der Waals surface area contributed by atoms with Gasteiger partial charge in [-0.1, -0.05) is 55.8 Å². The lowest BCUT2D eigenvalue weighted by Crippen LogP contribution is -2.21. The number of halogens is 7. The van der Waals surface area contributed by atoms with Crippen LogP contribution in [-0.4, -0.2) is 0 Å². The van der Waals surface area contributed by atoms with E-state index >= 15 is 4.39 Å². The quantitative estimate of drug-likeness (QED) is 0.144. The third kappa shape index (κ3) is 5.26. The second-order valence-electron chi connectivity index (χ2n) is 9.33. The normalized spacial score (nSPS) is 11.7. The number of aryl methyl sites for hydroxylation is 1. The summed E-state index contributed by atoms with van der Waals surface area (Å²) in [6.45, 7) is 2.00. The van der Waals surface area contributed by atoms with Gasteiger partial charge in [-0.25, -0.2) is 22.0 Å². The summed E-state index contributed by atoms with van der Waals surface area (Å²) in [5.41, 5.74) is 0.00644. The van der Waals surface area contributed by atoms with Crippen molar-refractivity contribution < 1.29 is 35.5 Å². The average molecular weight is 555 g/mol. The first-order valence-corrected chi connectivity index (χ1v) is 12.4. The summed E-state index contributed by atoms with van der Waals surface area (Å²) in [6, 6.07) is 18.3. The van der Waals surface area contributed by atoms with Crippen LogP contribution < -0.4 is 4.74 Å². The zero-order valence-electron chi connectivity index (χ0n) is 21.1. The van der Waals surface area contributed by atoms with Gasteiger partial charge in [-0.05, 0) is 76.3 Å². The fourth-order valence-corrected chi connectivity index (χ4v) is 4.52. The van der Waals surface area contributed by atoms with Gasteiger partial charge >= 0.3 is 6.11 Å². The standard InChI is InChI=1S/C32H21F7O/c1-2-3-18-4-9-23(10-5-18)32(38,39)40-24-11-8-19-14-21(7-6-20(19)15-24)25-12-13-26(30(36)29(25)35)22-16-27(33)31(37)28(34)17-22/h4-17H,2-3H2,1H3. The van der Waals surface area contributed by atoms with Crippen molar-refractivity contribution >= 4 is 10.8 Å². The van der Waals surface area contributed by atoms with Crippen molar-refractivity contribution in [2.45, 2.75) is 25.9 Å². The monoisotopic (exact) mass is 554 g/mol. The maximum absolute atomic E-state index is 15.1. The molecule has 0 unspecified atom stereocenters. The second kappa shape index (κ2) is 10.7. The van der Waals surface area contributed by atoms with Crippen LogP contribution in [0.2, 0.25) is 0 Å². The average Bonchev–Trinajstić information content (AvgIpc) is 2.93. The van der Waals surface area contributed by atoms with Crippen LogP contribution in [-0.2, 0) is 12.5 Å². The Kier molecular flexibility index (Phi) is 7.27. The molecule has 5 rings (SSSR count). The summed E-state index contributed by atoms with van der Waals surface area (Å²) in [6.07, 6.45) is -1.89. The van der Waals surface area contributed by atoms with E-state index in [2.05, 4.69) is 0 Å². The predicted octanol–water partition coefficient (Wildman–Crippen LogP) is 9.95. The molecule has 8 heteroatoms. The molecular formula is C32H21F7O. The van der Waals surface area contributed by atoms with Crippen LogP contribution >= 0.6 is 0 Å². The number of ether oxygens (including phenoxy) is 1. The minimum absolute atomic E-state index is 0.0803. The number of alkyl halides is 2. The smallest absolute Gasteiger partial charge is 0.426 e. The topological polar surface area (TPSA) is 9.23 Å². The van der Waals surface area contributed by atoms with Crippen LogP contribution in [0.5, 0.6) is 5.75 Å². The van der Waals surface area contributed by atoms with Gasteiger partial charge in [0.1, 0.15) is 5.75 Å². The highest BCUT2D eigenvalue weighted by molar-refractivity contribution is 5.88. The molecule has 0 amide bonds. The van der Waals surface area contributed by atoms with Crippen LogP contribution in [0.3, 0.4) is 0 Å². The SMILES string of the molecule is CCCc1ccc(C(F)(F)Oc2ccc3cc(-c4ccc(-c5cc(F)c(F)c(F)c5)c(F)c4F)ccc3c2)cc1. The molecule has 0 radical (unpaired) electrons. The Morgan fingerprint density at radius 3 is 1.80 bits per heavy atom. The van der Waals surface area contributed by atoms with Gasteiger partial charge < -0.3 is 4.74 Å². The van der Waals surface area contributed by atoms with Gasteiger partial charge in [0.05, 0.1) is 5.56 Å². The summed E-state index contributed by atoms with van der Waals surface area (Å²) >= 11 is 0. The molecule has 0 atom stereocenters. The maximum atomic E-state index is 15.1. The molecule has 0 saturated carbocycles. The molecule has 5 aromatic rings. The van der Waals surface area contributed by atoms with Crippen molar-refractivity contribution in [2.24, 2.45) is 0 Å². The first kappa shape index (κ1) is 27.2. The van der Waals surface area contributed by atoms with Crippen molar-refractivity contribution in [1.82, 2.24) is 0 Å². The number of hydrogen-bond donors (Lipinski definition) is 0. The fourth-order valence-electron chi connectivity index (χ4n) is 4.52. The Bertz CT molecular complexity index is 1690. The summed E-state index contributed by atoms with van der Waals surface area (Å²) in [5.74, 6) is -7.49. The van der Waals surface area contributed by atoms with E-state index in [1.54, 1.807) is 24.3 Å². The van der Waals surface area contributed by atoms with Crippen molar-refractivity contribution in [2.75, 3.05) is 0 Å². The van der Waals surface area contributed by atoms with Crippen molar-refractivity contribution in [1.29, 1.82) is 0 Å². The van der Waals surface area contributed by atoms with E-state index < -0.39 is 40.8 Å². The van der Waals surface area contributed by atoms with E-state index in [1.165, 1.54) is 42.5 Å². The number of benzene rings is 5. The van der Waals surface area contributed by atoms with E-state index in [0.29, 0.717) is 22.9 Å². The second-order valence-corrected chi connectivity index (χ2v) is 9.33. The van der Waals surface area contributed by atoms with E-state index in [-0.39, 0.29) is 28.0 Å². The van der Waals surface area contributed by atoms with Gasteiger partial charge in [0, 0.05) is 11.1 Å². The summed E-state index contributed by atoms with van der Waals surface area (Å²) < 4.78 is 105. The summed E-state index contributed by atoms with van der Waals surface area (Å²) in [4.78, 5) is 0. The minimum Gasteiger partial charge on any atom is -0.429 e. The highest BCUT2D eigenvalue weighted by Gasteiger charge is 2.34. The highest BCUT2D eigenvalue weighted by atomic mass is 19.3. The van der Waals surface area contributed by atoms with Crippen LogP contribution in [0.4, 0.5) is 30.7 Å². The Hall–Kier alpha value is -4.33.